The second kappa shape index (κ2) is 9.33. The zero-order chi connectivity index (χ0) is 28.2. The molecule has 0 aliphatic carbocycles. The third-order valence-corrected chi connectivity index (χ3v) is 6.80. The number of halogens is 5. The van der Waals surface area contributed by atoms with E-state index in [0.717, 1.165) is 29.8 Å². The number of nitrogen functional groups attached to an aromatic ring is 1. The molecule has 0 saturated heterocycles. The summed E-state index contributed by atoms with van der Waals surface area (Å²) in [5.41, 5.74) is 8.52. The van der Waals surface area contributed by atoms with E-state index < -0.39 is 29.3 Å². The number of ether oxygens (including phenoxy) is 1. The molecule has 200 valence electrons. The molecule has 0 amide bonds. The van der Waals surface area contributed by atoms with E-state index in [0.29, 0.717) is 33.7 Å². The minimum Gasteiger partial charge on any atom is -0.438 e. The summed E-state index contributed by atoms with van der Waals surface area (Å²) in [5, 5.41) is 8.99. The van der Waals surface area contributed by atoms with Crippen LogP contribution in [-0.4, -0.2) is 9.55 Å². The Morgan fingerprint density at radius 3 is 2.33 bits per heavy atom. The Bertz CT molecular complexity index is 1830. The van der Waals surface area contributed by atoms with Crippen molar-refractivity contribution >= 4 is 5.69 Å². The fourth-order valence-electron chi connectivity index (χ4n) is 4.91. The summed E-state index contributed by atoms with van der Waals surface area (Å²) < 4.78 is 74.7. The molecule has 10 heteroatoms. The van der Waals surface area contributed by atoms with Crippen molar-refractivity contribution in [3.05, 3.63) is 131 Å². The topological polar surface area (TPSA) is 76.9 Å². The summed E-state index contributed by atoms with van der Waals surface area (Å²) in [6, 6.07) is 20.1. The number of benzene rings is 4. The summed E-state index contributed by atoms with van der Waals surface area (Å²) in [5.74, 6) is -1.71. The lowest BCUT2D eigenvalue weighted by Gasteiger charge is -2.29. The van der Waals surface area contributed by atoms with E-state index in [-0.39, 0.29) is 17.1 Å². The van der Waals surface area contributed by atoms with Gasteiger partial charge in [0.05, 0.1) is 16.8 Å². The maximum Gasteiger partial charge on any atom is 0.416 e. The van der Waals surface area contributed by atoms with Gasteiger partial charge in [0.2, 0.25) is 5.88 Å². The lowest BCUT2D eigenvalue weighted by atomic mass is 9.83. The quantitative estimate of drug-likeness (QED) is 0.182. The van der Waals surface area contributed by atoms with Gasteiger partial charge in [-0.1, -0.05) is 36.4 Å². The van der Waals surface area contributed by atoms with Crippen LogP contribution in [0.1, 0.15) is 28.2 Å². The van der Waals surface area contributed by atoms with Crippen molar-refractivity contribution < 1.29 is 26.7 Å². The number of rotatable bonds is 3. The normalized spacial score (nSPS) is 14.3. The van der Waals surface area contributed by atoms with Crippen LogP contribution in [0.3, 0.4) is 0 Å². The first-order chi connectivity index (χ1) is 19.1. The molecule has 0 bridgehead atoms. The van der Waals surface area contributed by atoms with E-state index in [1.807, 2.05) is 6.07 Å². The van der Waals surface area contributed by atoms with Crippen LogP contribution in [0.2, 0.25) is 0 Å². The molecule has 1 aromatic heterocycles. The van der Waals surface area contributed by atoms with Gasteiger partial charge < -0.3 is 10.5 Å². The average molecular weight is 546 g/mol. The Labute approximate surface area is 224 Å². The van der Waals surface area contributed by atoms with Crippen molar-refractivity contribution in [2.75, 3.05) is 5.73 Å². The van der Waals surface area contributed by atoms with Crippen LogP contribution in [-0.2, 0) is 6.18 Å². The number of fused-ring (bicyclic) bond motifs is 2. The first-order valence-electron chi connectivity index (χ1n) is 12.1. The largest absolute Gasteiger partial charge is 0.438 e. The molecule has 0 radical (unpaired) electrons. The number of aromatic nitrogens is 2. The van der Waals surface area contributed by atoms with Crippen LogP contribution in [0, 0.1) is 17.0 Å². The molecule has 3 N–H and O–H groups in total. The van der Waals surface area contributed by atoms with Gasteiger partial charge in [0.25, 0.3) is 0 Å². The highest BCUT2D eigenvalue weighted by atomic mass is 19.4. The SMILES string of the molecule is N=c1c2c(ncn1-c1ccc(F)cc1F)Oc1cc(-c3ccc(C(F)(F)F)cc3)ccc1C2c1cccc(N)c1. The molecule has 1 atom stereocenters. The average Bonchev–Trinajstić information content (AvgIpc) is 2.92. The van der Waals surface area contributed by atoms with E-state index in [1.165, 1.54) is 29.1 Å². The van der Waals surface area contributed by atoms with Crippen LogP contribution in [0.4, 0.5) is 27.6 Å². The number of hydrogen-bond acceptors (Lipinski definition) is 4. The third-order valence-electron chi connectivity index (χ3n) is 6.80. The van der Waals surface area contributed by atoms with E-state index in [2.05, 4.69) is 4.98 Å². The second-order valence-electron chi connectivity index (χ2n) is 9.31. The highest BCUT2D eigenvalue weighted by Gasteiger charge is 2.33. The first kappa shape index (κ1) is 25.3. The lowest BCUT2D eigenvalue weighted by molar-refractivity contribution is -0.137. The monoisotopic (exact) mass is 546 g/mol. The molecule has 40 heavy (non-hydrogen) atoms. The van der Waals surface area contributed by atoms with Crippen molar-refractivity contribution in [2.24, 2.45) is 0 Å². The lowest BCUT2D eigenvalue weighted by Crippen LogP contribution is -2.29. The Kier molecular flexibility index (Phi) is 5.90. The van der Waals surface area contributed by atoms with Crippen LogP contribution >= 0.6 is 0 Å². The van der Waals surface area contributed by atoms with Crippen molar-refractivity contribution in [1.29, 1.82) is 5.41 Å². The summed E-state index contributed by atoms with van der Waals surface area (Å²) in [7, 11) is 0. The zero-order valence-electron chi connectivity index (χ0n) is 20.5. The van der Waals surface area contributed by atoms with Gasteiger partial charge in [-0.2, -0.15) is 13.2 Å². The highest BCUT2D eigenvalue weighted by molar-refractivity contribution is 5.69. The molecule has 2 heterocycles. The number of anilines is 1. The molecule has 0 fully saturated rings. The summed E-state index contributed by atoms with van der Waals surface area (Å²) >= 11 is 0. The minimum atomic E-state index is -4.45. The summed E-state index contributed by atoms with van der Waals surface area (Å²) in [6.45, 7) is 0. The van der Waals surface area contributed by atoms with Gasteiger partial charge >= 0.3 is 6.18 Å². The van der Waals surface area contributed by atoms with Crippen LogP contribution in [0.5, 0.6) is 11.6 Å². The molecule has 5 nitrogen and oxygen atoms in total. The van der Waals surface area contributed by atoms with Crippen LogP contribution in [0.25, 0.3) is 16.8 Å². The number of alkyl halides is 3. The van der Waals surface area contributed by atoms with Gasteiger partial charge in [-0.3, -0.25) is 9.98 Å². The van der Waals surface area contributed by atoms with Crippen molar-refractivity contribution in [3.63, 3.8) is 0 Å². The molecule has 1 unspecified atom stereocenters. The number of nitrogens with two attached hydrogens (primary N) is 1. The molecule has 0 spiro atoms. The summed E-state index contributed by atoms with van der Waals surface area (Å²) in [4.78, 5) is 4.36. The highest BCUT2D eigenvalue weighted by Crippen LogP contribution is 2.46. The second-order valence-corrected chi connectivity index (χ2v) is 9.31. The van der Waals surface area contributed by atoms with Gasteiger partial charge in [0.1, 0.15) is 29.2 Å². The molecular formula is C30H19F5N4O. The third kappa shape index (κ3) is 4.37. The van der Waals surface area contributed by atoms with Gasteiger partial charge in [0, 0.05) is 23.2 Å². The van der Waals surface area contributed by atoms with Gasteiger partial charge in [-0.25, -0.2) is 13.8 Å². The van der Waals surface area contributed by atoms with E-state index in [4.69, 9.17) is 15.9 Å². The Hall–Kier alpha value is -4.99. The van der Waals surface area contributed by atoms with E-state index in [1.54, 1.807) is 36.4 Å². The predicted molar refractivity (Wildman–Crippen MR) is 138 cm³/mol. The van der Waals surface area contributed by atoms with E-state index in [9.17, 15) is 22.0 Å². The first-order valence-corrected chi connectivity index (χ1v) is 12.1. The number of nitrogens with one attached hydrogen (secondary N) is 1. The van der Waals surface area contributed by atoms with E-state index >= 15 is 0 Å². The predicted octanol–water partition coefficient (Wildman–Crippen LogP) is 7.18. The van der Waals surface area contributed by atoms with Gasteiger partial charge in [0.15, 0.2) is 0 Å². The standard InChI is InChI=1S/C30H19F5N4O/c31-20-9-11-24(23(32)14-20)39-15-38-29-27(28(39)37)26(18-2-1-3-21(36)12-18)22-10-6-17(13-25(22)40-29)16-4-7-19(8-5-16)30(33,34)35/h1-15,26,37H,36H2. The molecule has 5 aromatic rings. The zero-order valence-corrected chi connectivity index (χ0v) is 20.5. The molecular weight excluding hydrogens is 527 g/mol. The fourth-order valence-corrected chi connectivity index (χ4v) is 4.91. The number of nitrogens with zero attached hydrogens (tertiary/aromatic N) is 2. The minimum absolute atomic E-state index is 0.0588. The molecule has 4 aromatic carbocycles. The van der Waals surface area contributed by atoms with Crippen molar-refractivity contribution in [2.45, 2.75) is 12.1 Å². The summed E-state index contributed by atoms with van der Waals surface area (Å²) in [6.07, 6.45) is -3.22. The van der Waals surface area contributed by atoms with Crippen molar-refractivity contribution in [3.8, 4) is 28.4 Å². The molecule has 6 rings (SSSR count). The smallest absolute Gasteiger partial charge is 0.416 e. The van der Waals surface area contributed by atoms with Crippen molar-refractivity contribution in [1.82, 2.24) is 9.55 Å². The molecule has 0 saturated carbocycles. The van der Waals surface area contributed by atoms with Gasteiger partial charge in [-0.15, -0.1) is 0 Å². The Morgan fingerprint density at radius 2 is 1.62 bits per heavy atom. The maximum atomic E-state index is 14.7. The maximum absolute atomic E-state index is 14.7. The fraction of sp³-hybridized carbons (Fsp3) is 0.0667. The Balaban J connectivity index is 1.51. The van der Waals surface area contributed by atoms with Crippen LogP contribution in [0.15, 0.2) is 91.3 Å². The number of hydrogen-bond donors (Lipinski definition) is 2. The molecule has 1 aliphatic heterocycles. The molecule has 1 aliphatic rings. The van der Waals surface area contributed by atoms with Crippen LogP contribution < -0.4 is 16.0 Å². The Morgan fingerprint density at radius 1 is 0.875 bits per heavy atom. The van der Waals surface area contributed by atoms with Gasteiger partial charge in [-0.05, 0) is 59.2 Å².